The topological polar surface area (TPSA) is 3.24 Å². The maximum absolute atomic E-state index is 2.38. The monoisotopic (exact) mass is 345 g/mol. The van der Waals surface area contributed by atoms with E-state index in [2.05, 4.69) is 49.2 Å². The average molecular weight is 346 g/mol. The number of unbranched alkanes of at least 4 members (excludes halogenated alkanes) is 14. The van der Waals surface area contributed by atoms with Crippen LogP contribution in [-0.2, 0) is 0 Å². The highest BCUT2D eigenvalue weighted by atomic mass is 15.1. The maximum Gasteiger partial charge on any atom is 0.0363 e. The molecule has 0 saturated carbocycles. The second-order valence-corrected chi connectivity index (χ2v) is 7.71. The van der Waals surface area contributed by atoms with Crippen LogP contribution in [0.4, 0.5) is 5.69 Å². The van der Waals surface area contributed by atoms with Crippen LogP contribution >= 0.6 is 0 Å². The van der Waals surface area contributed by atoms with Crippen LogP contribution in [0.25, 0.3) is 0 Å². The molecule has 0 aromatic heterocycles. The Labute approximate surface area is 158 Å². The third-order valence-electron chi connectivity index (χ3n) is 5.29. The Bertz CT molecular complexity index is 373. The molecule has 1 aromatic carbocycles. The van der Waals surface area contributed by atoms with E-state index in [4.69, 9.17) is 0 Å². The molecule has 0 atom stereocenters. The molecule has 0 unspecified atom stereocenters. The third-order valence-corrected chi connectivity index (χ3v) is 5.29. The quantitative estimate of drug-likeness (QED) is 0.258. The predicted octanol–water partition coefficient (Wildman–Crippen LogP) is 7.99. The van der Waals surface area contributed by atoms with Gasteiger partial charge in [0.1, 0.15) is 0 Å². The number of anilines is 1. The smallest absolute Gasteiger partial charge is 0.0363 e. The zero-order valence-corrected chi connectivity index (χ0v) is 17.1. The van der Waals surface area contributed by atoms with Crippen molar-refractivity contribution in [2.75, 3.05) is 18.5 Å². The Morgan fingerprint density at radius 3 is 1.40 bits per heavy atom. The lowest BCUT2D eigenvalue weighted by Crippen LogP contribution is -2.18. The Kier molecular flexibility index (Phi) is 14.5. The van der Waals surface area contributed by atoms with Crippen molar-refractivity contribution in [1.29, 1.82) is 0 Å². The summed E-state index contributed by atoms with van der Waals surface area (Å²) in [4.78, 5) is 2.38. The van der Waals surface area contributed by atoms with Gasteiger partial charge in [0.25, 0.3) is 0 Å². The first-order chi connectivity index (χ1) is 12.3. The minimum atomic E-state index is 1.18. The molecule has 0 radical (unpaired) electrons. The first kappa shape index (κ1) is 22.1. The molecule has 0 amide bonds. The van der Waals surface area contributed by atoms with Gasteiger partial charge in [-0.2, -0.15) is 0 Å². The zero-order valence-electron chi connectivity index (χ0n) is 17.1. The number of para-hydroxylation sites is 1. The number of nitrogens with zero attached hydrogens (tertiary/aromatic N) is 1. The highest BCUT2D eigenvalue weighted by Gasteiger charge is 1.99. The fraction of sp³-hybridized carbons (Fsp3) is 0.750. The Morgan fingerprint density at radius 1 is 0.560 bits per heavy atom. The lowest BCUT2D eigenvalue weighted by Gasteiger charge is -2.18. The van der Waals surface area contributed by atoms with Gasteiger partial charge in [-0.15, -0.1) is 0 Å². The number of hydrogen-bond donors (Lipinski definition) is 0. The summed E-state index contributed by atoms with van der Waals surface area (Å²) in [6, 6.07) is 10.7. The van der Waals surface area contributed by atoms with Crippen molar-refractivity contribution >= 4 is 5.69 Å². The molecule has 0 aliphatic carbocycles. The van der Waals surface area contributed by atoms with Gasteiger partial charge in [0.2, 0.25) is 0 Å². The molecule has 0 fully saturated rings. The van der Waals surface area contributed by atoms with E-state index < -0.39 is 0 Å². The van der Waals surface area contributed by atoms with Crippen molar-refractivity contribution in [3.05, 3.63) is 30.3 Å². The Balaban J connectivity index is 1.77. The van der Waals surface area contributed by atoms with E-state index in [9.17, 15) is 0 Å². The van der Waals surface area contributed by atoms with Gasteiger partial charge in [-0.25, -0.2) is 0 Å². The van der Waals surface area contributed by atoms with Crippen molar-refractivity contribution < 1.29 is 0 Å². The van der Waals surface area contributed by atoms with E-state index in [1.807, 2.05) is 0 Å². The van der Waals surface area contributed by atoms with Gasteiger partial charge in [-0.05, 0) is 18.6 Å². The molecule has 1 nitrogen and oxygen atoms in total. The summed E-state index contributed by atoms with van der Waals surface area (Å²) < 4.78 is 0. The summed E-state index contributed by atoms with van der Waals surface area (Å²) in [7, 11) is 2.21. The SMILES string of the molecule is CCCCCCCCCCCCCCCCCN(C)c1ccccc1. The molecular weight excluding hydrogens is 302 g/mol. The van der Waals surface area contributed by atoms with Gasteiger partial charge >= 0.3 is 0 Å². The fourth-order valence-corrected chi connectivity index (χ4v) is 3.53. The lowest BCUT2D eigenvalue weighted by atomic mass is 10.0. The van der Waals surface area contributed by atoms with Crippen molar-refractivity contribution in [2.45, 2.75) is 103 Å². The second kappa shape index (κ2) is 16.5. The molecule has 0 heterocycles. The van der Waals surface area contributed by atoms with Crippen molar-refractivity contribution in [3.63, 3.8) is 0 Å². The van der Waals surface area contributed by atoms with Crippen LogP contribution in [0.3, 0.4) is 0 Å². The normalized spacial score (nSPS) is 11.0. The van der Waals surface area contributed by atoms with Crippen LogP contribution in [0, 0.1) is 0 Å². The van der Waals surface area contributed by atoms with Crippen molar-refractivity contribution in [1.82, 2.24) is 0 Å². The van der Waals surface area contributed by atoms with Crippen LogP contribution in [-0.4, -0.2) is 13.6 Å². The minimum Gasteiger partial charge on any atom is -0.375 e. The summed E-state index contributed by atoms with van der Waals surface area (Å²) in [5.41, 5.74) is 1.34. The molecule has 144 valence electrons. The molecule has 1 heteroatoms. The van der Waals surface area contributed by atoms with Gasteiger partial charge in [0.15, 0.2) is 0 Å². The number of hydrogen-bond acceptors (Lipinski definition) is 1. The lowest BCUT2D eigenvalue weighted by molar-refractivity contribution is 0.532. The van der Waals surface area contributed by atoms with E-state index in [-0.39, 0.29) is 0 Å². The third kappa shape index (κ3) is 13.0. The summed E-state index contributed by atoms with van der Waals surface area (Å²) >= 11 is 0. The van der Waals surface area contributed by atoms with E-state index in [0.717, 1.165) is 0 Å². The summed E-state index contributed by atoms with van der Waals surface area (Å²) in [6.45, 7) is 3.48. The van der Waals surface area contributed by atoms with E-state index in [1.54, 1.807) is 0 Å². The summed E-state index contributed by atoms with van der Waals surface area (Å²) in [6.07, 6.45) is 21.5. The maximum atomic E-state index is 2.38. The minimum absolute atomic E-state index is 1.18. The highest BCUT2D eigenvalue weighted by Crippen LogP contribution is 2.15. The summed E-state index contributed by atoms with van der Waals surface area (Å²) in [5.74, 6) is 0. The molecule has 1 rings (SSSR count). The molecule has 0 spiro atoms. The van der Waals surface area contributed by atoms with Gasteiger partial charge in [-0.1, -0.05) is 115 Å². The predicted molar refractivity (Wildman–Crippen MR) is 115 cm³/mol. The fourth-order valence-electron chi connectivity index (χ4n) is 3.53. The number of rotatable bonds is 17. The summed E-state index contributed by atoms with van der Waals surface area (Å²) in [5, 5.41) is 0. The van der Waals surface area contributed by atoms with Gasteiger partial charge in [0.05, 0.1) is 0 Å². The highest BCUT2D eigenvalue weighted by molar-refractivity contribution is 5.44. The molecule has 25 heavy (non-hydrogen) atoms. The molecule has 0 aliphatic rings. The Morgan fingerprint density at radius 2 is 0.960 bits per heavy atom. The molecular formula is C24H43N. The van der Waals surface area contributed by atoms with E-state index in [0.29, 0.717) is 0 Å². The first-order valence-electron chi connectivity index (χ1n) is 11.1. The van der Waals surface area contributed by atoms with Crippen molar-refractivity contribution in [2.24, 2.45) is 0 Å². The van der Waals surface area contributed by atoms with Crippen LogP contribution in [0.1, 0.15) is 103 Å². The van der Waals surface area contributed by atoms with E-state index in [1.165, 1.54) is 109 Å². The van der Waals surface area contributed by atoms with Crippen LogP contribution in [0.5, 0.6) is 0 Å². The largest absolute Gasteiger partial charge is 0.375 e. The van der Waals surface area contributed by atoms with Crippen LogP contribution < -0.4 is 4.90 Å². The molecule has 0 aliphatic heterocycles. The van der Waals surface area contributed by atoms with Gasteiger partial charge in [-0.3, -0.25) is 0 Å². The second-order valence-electron chi connectivity index (χ2n) is 7.71. The average Bonchev–Trinajstić information content (AvgIpc) is 2.65. The Hall–Kier alpha value is -0.980. The molecule has 0 N–H and O–H groups in total. The van der Waals surface area contributed by atoms with E-state index >= 15 is 0 Å². The molecule has 1 aromatic rings. The first-order valence-corrected chi connectivity index (χ1v) is 11.1. The molecule has 0 bridgehead atoms. The van der Waals surface area contributed by atoms with Gasteiger partial charge < -0.3 is 4.90 Å². The van der Waals surface area contributed by atoms with Crippen LogP contribution in [0.15, 0.2) is 30.3 Å². The standard InChI is InChI=1S/C24H43N/c1-3-4-5-6-7-8-9-10-11-12-13-14-15-16-20-23-25(2)24-21-18-17-19-22-24/h17-19,21-22H,3-16,20,23H2,1-2H3. The molecule has 0 saturated heterocycles. The van der Waals surface area contributed by atoms with Gasteiger partial charge in [0, 0.05) is 19.3 Å². The number of benzene rings is 1. The van der Waals surface area contributed by atoms with Crippen molar-refractivity contribution in [3.8, 4) is 0 Å². The van der Waals surface area contributed by atoms with Crippen LogP contribution in [0.2, 0.25) is 0 Å². The zero-order chi connectivity index (χ0) is 18.0.